The molecule has 0 radical (unpaired) electrons. The summed E-state index contributed by atoms with van der Waals surface area (Å²) in [5.41, 5.74) is 11.9. The summed E-state index contributed by atoms with van der Waals surface area (Å²) in [6.07, 6.45) is 0. The monoisotopic (exact) mass is 797 g/mol. The second kappa shape index (κ2) is 14.5. The molecular formula is C55H35N5S. The number of aromatic nitrogens is 4. The van der Waals surface area contributed by atoms with Crippen molar-refractivity contribution in [2.75, 3.05) is 4.90 Å². The maximum absolute atomic E-state index is 5.10. The first kappa shape index (κ1) is 35.2. The molecule has 6 heteroatoms. The fourth-order valence-electron chi connectivity index (χ4n) is 8.84. The van der Waals surface area contributed by atoms with Gasteiger partial charge >= 0.3 is 0 Å². The summed E-state index contributed by atoms with van der Waals surface area (Å²) in [5.74, 6) is 1.89. The smallest absolute Gasteiger partial charge is 0.164 e. The van der Waals surface area contributed by atoms with Crippen molar-refractivity contribution in [1.82, 2.24) is 19.5 Å². The molecule has 0 saturated carbocycles. The molecule has 11 aromatic rings. The molecule has 0 N–H and O–H groups in total. The molecule has 0 fully saturated rings. The second-order valence-corrected chi connectivity index (χ2v) is 16.3. The number of fused-ring (bicyclic) bond motifs is 7. The molecule has 9 aromatic carbocycles. The minimum atomic E-state index is 0.620. The number of benzene rings is 9. The molecule has 2 aromatic heterocycles. The van der Waals surface area contributed by atoms with Crippen molar-refractivity contribution in [3.05, 3.63) is 212 Å². The van der Waals surface area contributed by atoms with Gasteiger partial charge in [-0.05, 0) is 70.9 Å². The van der Waals surface area contributed by atoms with E-state index in [9.17, 15) is 0 Å². The van der Waals surface area contributed by atoms with E-state index in [4.69, 9.17) is 15.0 Å². The quantitative estimate of drug-likeness (QED) is 0.168. The molecule has 0 unspecified atom stereocenters. The number of nitrogens with zero attached hydrogens (tertiary/aromatic N) is 5. The van der Waals surface area contributed by atoms with Crippen molar-refractivity contribution >= 4 is 61.4 Å². The lowest BCUT2D eigenvalue weighted by Gasteiger charge is -2.33. The minimum Gasteiger partial charge on any atom is -0.309 e. The summed E-state index contributed by atoms with van der Waals surface area (Å²) in [4.78, 5) is 20.0. The van der Waals surface area contributed by atoms with Gasteiger partial charge in [0.05, 0.1) is 22.4 Å². The van der Waals surface area contributed by atoms with E-state index in [0.717, 1.165) is 55.9 Å². The Balaban J connectivity index is 1.09. The Bertz CT molecular complexity index is 3400. The lowest BCUT2D eigenvalue weighted by atomic mass is 9.99. The van der Waals surface area contributed by atoms with Gasteiger partial charge in [-0.25, -0.2) is 15.0 Å². The molecule has 0 aliphatic carbocycles. The van der Waals surface area contributed by atoms with Crippen LogP contribution < -0.4 is 4.90 Å². The predicted molar refractivity (Wildman–Crippen MR) is 252 cm³/mol. The predicted octanol–water partition coefficient (Wildman–Crippen LogP) is 14.7. The van der Waals surface area contributed by atoms with Gasteiger partial charge in [0.15, 0.2) is 17.5 Å². The maximum Gasteiger partial charge on any atom is 0.164 e. The van der Waals surface area contributed by atoms with Gasteiger partial charge in [-0.15, -0.1) is 0 Å². The molecular weight excluding hydrogens is 763 g/mol. The standard InChI is InChI=1S/C55H35N5S/c1-4-17-37(18-5-1)53-56-54(38-19-6-2-7-20-38)58-55(57-53)40-21-14-24-42(34-40)60-47-32-30-36-16-10-11-25-43(36)51(47)45-27-15-26-44(52(45)60)39-31-33-50-48(35-39)59(41-22-8-3-9-23-41)46-28-12-13-29-49(46)61-50/h1-35H. The maximum atomic E-state index is 5.10. The first-order valence-electron chi connectivity index (χ1n) is 20.4. The number of hydrogen-bond donors (Lipinski definition) is 0. The van der Waals surface area contributed by atoms with Gasteiger partial charge in [0.2, 0.25) is 0 Å². The third-order valence-corrected chi connectivity index (χ3v) is 12.7. The van der Waals surface area contributed by atoms with Crippen LogP contribution in [0.4, 0.5) is 17.1 Å². The summed E-state index contributed by atoms with van der Waals surface area (Å²) in [7, 11) is 0. The van der Waals surface area contributed by atoms with Crippen LogP contribution in [0.5, 0.6) is 0 Å². The van der Waals surface area contributed by atoms with Crippen molar-refractivity contribution in [2.45, 2.75) is 9.79 Å². The molecule has 1 aliphatic rings. The van der Waals surface area contributed by atoms with Crippen LogP contribution in [0.15, 0.2) is 222 Å². The van der Waals surface area contributed by atoms with Crippen molar-refractivity contribution < 1.29 is 0 Å². The van der Waals surface area contributed by atoms with Crippen LogP contribution in [-0.2, 0) is 0 Å². The van der Waals surface area contributed by atoms with Gasteiger partial charge in [0.25, 0.3) is 0 Å². The van der Waals surface area contributed by atoms with Gasteiger partial charge < -0.3 is 9.47 Å². The number of anilines is 3. The van der Waals surface area contributed by atoms with E-state index in [2.05, 4.69) is 161 Å². The first-order chi connectivity index (χ1) is 30.2. The highest BCUT2D eigenvalue weighted by atomic mass is 32.2. The van der Waals surface area contributed by atoms with Gasteiger partial charge in [0.1, 0.15) is 0 Å². The average molecular weight is 798 g/mol. The molecule has 3 heterocycles. The fraction of sp³-hybridized carbons (Fsp3) is 0. The van der Waals surface area contributed by atoms with Crippen LogP contribution in [0.1, 0.15) is 0 Å². The molecule has 286 valence electrons. The van der Waals surface area contributed by atoms with Crippen LogP contribution in [0.2, 0.25) is 0 Å². The highest BCUT2D eigenvalue weighted by Gasteiger charge is 2.26. The topological polar surface area (TPSA) is 46.8 Å². The molecule has 5 nitrogen and oxygen atoms in total. The van der Waals surface area contributed by atoms with Crippen molar-refractivity contribution in [2.24, 2.45) is 0 Å². The zero-order chi connectivity index (χ0) is 40.3. The van der Waals surface area contributed by atoms with Crippen LogP contribution in [-0.4, -0.2) is 19.5 Å². The molecule has 0 bridgehead atoms. The van der Waals surface area contributed by atoms with Crippen LogP contribution in [0.25, 0.3) is 83.6 Å². The van der Waals surface area contributed by atoms with Crippen LogP contribution >= 0.6 is 11.8 Å². The van der Waals surface area contributed by atoms with Gasteiger partial charge in [-0.1, -0.05) is 169 Å². The Kier molecular flexibility index (Phi) is 8.35. The Labute approximate surface area is 357 Å². The second-order valence-electron chi connectivity index (χ2n) is 15.2. The normalized spacial score (nSPS) is 12.2. The highest BCUT2D eigenvalue weighted by molar-refractivity contribution is 7.99. The van der Waals surface area contributed by atoms with Crippen LogP contribution in [0.3, 0.4) is 0 Å². The van der Waals surface area contributed by atoms with E-state index in [1.807, 2.05) is 72.4 Å². The Hall–Kier alpha value is -7.80. The molecule has 0 atom stereocenters. The molecule has 1 aliphatic heterocycles. The van der Waals surface area contributed by atoms with E-state index < -0.39 is 0 Å². The zero-order valence-electron chi connectivity index (χ0n) is 32.9. The number of hydrogen-bond acceptors (Lipinski definition) is 5. The number of rotatable bonds is 6. The molecule has 12 rings (SSSR count). The van der Waals surface area contributed by atoms with Crippen molar-refractivity contribution in [1.29, 1.82) is 0 Å². The third kappa shape index (κ3) is 5.99. The molecule has 0 spiro atoms. The Morgan fingerprint density at radius 2 is 0.967 bits per heavy atom. The van der Waals surface area contributed by atoms with E-state index in [1.54, 1.807) is 0 Å². The SMILES string of the molecule is c1ccc(-c2nc(-c3ccccc3)nc(-c3cccc(-n4c5ccc6ccccc6c5c5cccc(-c6ccc7c(c6)N(c6ccccc6)c6ccccc6S7)c54)c3)n2)cc1. The minimum absolute atomic E-state index is 0.620. The van der Waals surface area contributed by atoms with Crippen molar-refractivity contribution in [3.63, 3.8) is 0 Å². The van der Waals surface area contributed by atoms with E-state index >= 15 is 0 Å². The largest absolute Gasteiger partial charge is 0.309 e. The summed E-state index contributed by atoms with van der Waals surface area (Å²) in [6.45, 7) is 0. The van der Waals surface area contributed by atoms with E-state index in [0.29, 0.717) is 17.5 Å². The van der Waals surface area contributed by atoms with Gasteiger partial charge in [0, 0.05) is 54.2 Å². The Morgan fingerprint density at radius 3 is 1.74 bits per heavy atom. The van der Waals surface area contributed by atoms with E-state index in [1.165, 1.54) is 37.0 Å². The van der Waals surface area contributed by atoms with Gasteiger partial charge in [-0.2, -0.15) is 0 Å². The molecule has 0 saturated heterocycles. The third-order valence-electron chi connectivity index (χ3n) is 11.6. The summed E-state index contributed by atoms with van der Waals surface area (Å²) < 4.78 is 2.44. The summed E-state index contributed by atoms with van der Waals surface area (Å²) in [5, 5.41) is 4.86. The lowest BCUT2D eigenvalue weighted by Crippen LogP contribution is -2.14. The molecule has 0 amide bonds. The van der Waals surface area contributed by atoms with Gasteiger partial charge in [-0.3, -0.25) is 0 Å². The fourth-order valence-corrected chi connectivity index (χ4v) is 9.87. The summed E-state index contributed by atoms with van der Waals surface area (Å²) in [6, 6.07) is 75.2. The highest BCUT2D eigenvalue weighted by Crippen LogP contribution is 2.53. The van der Waals surface area contributed by atoms with E-state index in [-0.39, 0.29) is 0 Å². The zero-order valence-corrected chi connectivity index (χ0v) is 33.7. The lowest BCUT2D eigenvalue weighted by molar-refractivity contribution is 1.07. The first-order valence-corrected chi connectivity index (χ1v) is 21.3. The molecule has 61 heavy (non-hydrogen) atoms. The summed E-state index contributed by atoms with van der Waals surface area (Å²) >= 11 is 1.83. The van der Waals surface area contributed by atoms with Crippen molar-refractivity contribution in [3.8, 4) is 51.0 Å². The Morgan fingerprint density at radius 1 is 0.377 bits per heavy atom. The average Bonchev–Trinajstić information content (AvgIpc) is 3.69. The van der Waals surface area contributed by atoms with Crippen LogP contribution in [0, 0.1) is 0 Å². The number of para-hydroxylation sites is 3.